The SMILES string of the molecule is O=[N+]([O-])c1ccc(CCl)cc1Nc1ccc(F)cn1. The lowest BCUT2D eigenvalue weighted by atomic mass is 10.2. The van der Waals surface area contributed by atoms with Crippen LogP contribution in [-0.2, 0) is 5.88 Å². The van der Waals surface area contributed by atoms with E-state index >= 15 is 0 Å². The molecule has 0 aliphatic carbocycles. The minimum atomic E-state index is -0.510. The van der Waals surface area contributed by atoms with E-state index in [0.29, 0.717) is 5.82 Å². The Balaban J connectivity index is 2.36. The van der Waals surface area contributed by atoms with Crippen molar-refractivity contribution in [1.29, 1.82) is 0 Å². The number of anilines is 2. The Labute approximate surface area is 113 Å². The highest BCUT2D eigenvalue weighted by atomic mass is 35.5. The third-order valence-electron chi connectivity index (χ3n) is 2.40. The van der Waals surface area contributed by atoms with Crippen LogP contribution < -0.4 is 5.32 Å². The number of nitrogens with one attached hydrogen (secondary N) is 1. The maximum atomic E-state index is 12.7. The van der Waals surface area contributed by atoms with Crippen LogP contribution in [0.2, 0.25) is 0 Å². The lowest BCUT2D eigenvalue weighted by Crippen LogP contribution is -1.99. The number of aromatic nitrogens is 1. The van der Waals surface area contributed by atoms with Gasteiger partial charge in [0.05, 0.1) is 11.1 Å². The average Bonchev–Trinajstić information content (AvgIpc) is 2.41. The highest BCUT2D eigenvalue weighted by Gasteiger charge is 2.14. The van der Waals surface area contributed by atoms with E-state index < -0.39 is 10.7 Å². The van der Waals surface area contributed by atoms with Crippen molar-refractivity contribution in [2.75, 3.05) is 5.32 Å². The van der Waals surface area contributed by atoms with Gasteiger partial charge in [0, 0.05) is 11.9 Å². The van der Waals surface area contributed by atoms with Gasteiger partial charge in [0.25, 0.3) is 5.69 Å². The molecule has 2 aromatic rings. The molecule has 7 heteroatoms. The van der Waals surface area contributed by atoms with Crippen molar-refractivity contribution in [3.63, 3.8) is 0 Å². The van der Waals surface area contributed by atoms with Crippen molar-refractivity contribution in [1.82, 2.24) is 4.98 Å². The Kier molecular flexibility index (Phi) is 3.91. The summed E-state index contributed by atoms with van der Waals surface area (Å²) in [5.41, 5.74) is 0.902. The van der Waals surface area contributed by atoms with Crippen LogP contribution in [0.5, 0.6) is 0 Å². The number of nitro benzene ring substituents is 1. The Bertz CT molecular complexity index is 604. The lowest BCUT2D eigenvalue weighted by Gasteiger charge is -2.07. The van der Waals surface area contributed by atoms with E-state index in [0.717, 1.165) is 11.8 Å². The van der Waals surface area contributed by atoms with Crippen molar-refractivity contribution >= 4 is 28.8 Å². The third-order valence-corrected chi connectivity index (χ3v) is 2.71. The molecule has 0 atom stereocenters. The summed E-state index contributed by atoms with van der Waals surface area (Å²) in [6.45, 7) is 0. The summed E-state index contributed by atoms with van der Waals surface area (Å²) in [5.74, 6) is 0.0783. The molecule has 0 bridgehead atoms. The molecule has 0 saturated heterocycles. The zero-order chi connectivity index (χ0) is 13.8. The summed E-state index contributed by atoms with van der Waals surface area (Å²) < 4.78 is 12.7. The molecule has 1 aromatic carbocycles. The van der Waals surface area contributed by atoms with Crippen LogP contribution in [0.1, 0.15) is 5.56 Å². The van der Waals surface area contributed by atoms with E-state index in [2.05, 4.69) is 10.3 Å². The molecule has 0 amide bonds. The van der Waals surface area contributed by atoms with E-state index in [1.165, 1.54) is 18.2 Å². The van der Waals surface area contributed by atoms with Gasteiger partial charge in [0.1, 0.15) is 17.3 Å². The number of nitro groups is 1. The number of hydrogen-bond donors (Lipinski definition) is 1. The fraction of sp³-hybridized carbons (Fsp3) is 0.0833. The molecule has 1 heterocycles. The average molecular weight is 282 g/mol. The molecule has 1 aromatic heterocycles. The maximum Gasteiger partial charge on any atom is 0.292 e. The number of hydrogen-bond acceptors (Lipinski definition) is 4. The van der Waals surface area contributed by atoms with Crippen LogP contribution in [-0.4, -0.2) is 9.91 Å². The Morgan fingerprint density at radius 1 is 1.37 bits per heavy atom. The molecule has 5 nitrogen and oxygen atoms in total. The highest BCUT2D eigenvalue weighted by Crippen LogP contribution is 2.28. The first-order chi connectivity index (χ1) is 9.10. The molecule has 19 heavy (non-hydrogen) atoms. The fourth-order valence-electron chi connectivity index (χ4n) is 1.51. The molecule has 2 rings (SSSR count). The Hall–Kier alpha value is -2.21. The van der Waals surface area contributed by atoms with Gasteiger partial charge in [0.15, 0.2) is 0 Å². The summed E-state index contributed by atoms with van der Waals surface area (Å²) in [7, 11) is 0. The maximum absolute atomic E-state index is 12.7. The molecule has 0 aliphatic rings. The van der Waals surface area contributed by atoms with E-state index in [1.807, 2.05) is 0 Å². The van der Waals surface area contributed by atoms with Crippen LogP contribution in [0.25, 0.3) is 0 Å². The predicted molar refractivity (Wildman–Crippen MR) is 70.1 cm³/mol. The summed E-state index contributed by atoms with van der Waals surface area (Å²) in [5, 5.41) is 13.7. The molecule has 0 fully saturated rings. The second-order valence-corrected chi connectivity index (χ2v) is 4.00. The molecular weight excluding hydrogens is 273 g/mol. The van der Waals surface area contributed by atoms with Crippen LogP contribution >= 0.6 is 11.6 Å². The summed E-state index contributed by atoms with van der Waals surface area (Å²) in [6.07, 6.45) is 1.03. The predicted octanol–water partition coefficient (Wildman–Crippen LogP) is 3.61. The quantitative estimate of drug-likeness (QED) is 0.528. The zero-order valence-electron chi connectivity index (χ0n) is 9.64. The third kappa shape index (κ3) is 3.17. The van der Waals surface area contributed by atoms with Gasteiger partial charge in [-0.1, -0.05) is 6.07 Å². The monoisotopic (exact) mass is 281 g/mol. The largest absolute Gasteiger partial charge is 0.335 e. The summed E-state index contributed by atoms with van der Waals surface area (Å²) >= 11 is 5.69. The fourth-order valence-corrected chi connectivity index (χ4v) is 1.68. The first kappa shape index (κ1) is 13.2. The summed E-state index contributed by atoms with van der Waals surface area (Å²) in [4.78, 5) is 14.2. The minimum absolute atomic E-state index is 0.0972. The molecule has 98 valence electrons. The summed E-state index contributed by atoms with van der Waals surface area (Å²) in [6, 6.07) is 7.12. The van der Waals surface area contributed by atoms with Gasteiger partial charge in [-0.25, -0.2) is 9.37 Å². The Morgan fingerprint density at radius 2 is 2.16 bits per heavy atom. The van der Waals surface area contributed by atoms with Crippen LogP contribution in [0.15, 0.2) is 36.5 Å². The first-order valence-corrected chi connectivity index (χ1v) is 5.85. The number of rotatable bonds is 4. The van der Waals surface area contributed by atoms with Crippen LogP contribution in [0, 0.1) is 15.9 Å². The van der Waals surface area contributed by atoms with Gasteiger partial charge in [0.2, 0.25) is 0 Å². The standard InChI is InChI=1S/C12H9ClFN3O2/c13-6-8-1-3-11(17(18)19)10(5-8)16-12-4-2-9(14)7-15-12/h1-5,7H,6H2,(H,15,16). The second-order valence-electron chi connectivity index (χ2n) is 3.73. The first-order valence-electron chi connectivity index (χ1n) is 5.32. The van der Waals surface area contributed by atoms with Crippen LogP contribution in [0.3, 0.4) is 0 Å². The van der Waals surface area contributed by atoms with Crippen molar-refractivity contribution in [3.8, 4) is 0 Å². The minimum Gasteiger partial charge on any atom is -0.335 e. The normalized spacial score (nSPS) is 10.2. The van der Waals surface area contributed by atoms with Gasteiger partial charge >= 0.3 is 0 Å². The number of alkyl halides is 1. The van der Waals surface area contributed by atoms with Crippen molar-refractivity contribution in [2.24, 2.45) is 0 Å². The van der Waals surface area contributed by atoms with Gasteiger partial charge in [-0.15, -0.1) is 11.6 Å². The number of pyridine rings is 1. The molecule has 0 saturated carbocycles. The lowest BCUT2D eigenvalue weighted by molar-refractivity contribution is -0.383. The topological polar surface area (TPSA) is 68.1 Å². The number of benzene rings is 1. The van der Waals surface area contributed by atoms with Crippen molar-refractivity contribution < 1.29 is 9.31 Å². The number of halogens is 2. The van der Waals surface area contributed by atoms with Crippen molar-refractivity contribution in [2.45, 2.75) is 5.88 Å². The smallest absolute Gasteiger partial charge is 0.292 e. The van der Waals surface area contributed by atoms with Crippen molar-refractivity contribution in [3.05, 3.63) is 58.0 Å². The molecule has 1 N–H and O–H groups in total. The van der Waals surface area contributed by atoms with E-state index in [9.17, 15) is 14.5 Å². The zero-order valence-corrected chi connectivity index (χ0v) is 10.4. The van der Waals surface area contributed by atoms with Gasteiger partial charge in [-0.05, 0) is 23.8 Å². The molecule has 0 unspecified atom stereocenters. The van der Waals surface area contributed by atoms with E-state index in [4.69, 9.17) is 11.6 Å². The van der Waals surface area contributed by atoms with Crippen LogP contribution in [0.4, 0.5) is 21.6 Å². The second kappa shape index (κ2) is 5.62. The molecular formula is C12H9ClFN3O2. The number of nitrogens with zero attached hydrogens (tertiary/aromatic N) is 2. The Morgan fingerprint density at radius 3 is 2.74 bits per heavy atom. The highest BCUT2D eigenvalue weighted by molar-refractivity contribution is 6.17. The van der Waals surface area contributed by atoms with E-state index in [-0.39, 0.29) is 17.3 Å². The van der Waals surface area contributed by atoms with Gasteiger partial charge < -0.3 is 5.32 Å². The van der Waals surface area contributed by atoms with E-state index in [1.54, 1.807) is 12.1 Å². The van der Waals surface area contributed by atoms with Gasteiger partial charge in [-0.3, -0.25) is 10.1 Å². The van der Waals surface area contributed by atoms with Gasteiger partial charge in [-0.2, -0.15) is 0 Å². The molecule has 0 aliphatic heterocycles. The molecule has 0 spiro atoms. The molecule has 0 radical (unpaired) electrons.